The molecule has 1 saturated heterocycles. The van der Waals surface area contributed by atoms with Crippen molar-refractivity contribution in [1.82, 2.24) is 9.88 Å². The fraction of sp³-hybridized carbons (Fsp3) is 0.615. The summed E-state index contributed by atoms with van der Waals surface area (Å²) in [6, 6.07) is 2.29. The third kappa shape index (κ3) is 3.09. The number of anilines is 1. The van der Waals surface area contributed by atoms with Gasteiger partial charge in [0.25, 0.3) is 0 Å². The number of halogens is 1. The number of nitrogens with one attached hydrogen (secondary N) is 1. The van der Waals surface area contributed by atoms with Crippen molar-refractivity contribution < 1.29 is 4.92 Å². The minimum absolute atomic E-state index is 0.0245. The molecule has 0 amide bonds. The van der Waals surface area contributed by atoms with E-state index in [0.29, 0.717) is 16.2 Å². The summed E-state index contributed by atoms with van der Waals surface area (Å²) in [5, 5.41) is 14.2. The van der Waals surface area contributed by atoms with Crippen LogP contribution < -0.4 is 5.32 Å². The van der Waals surface area contributed by atoms with Gasteiger partial charge in [-0.1, -0.05) is 0 Å². The predicted molar refractivity (Wildman–Crippen MR) is 79.8 cm³/mol. The third-order valence-electron chi connectivity index (χ3n) is 3.97. The van der Waals surface area contributed by atoms with Crippen molar-refractivity contribution in [3.05, 3.63) is 26.9 Å². The molecule has 2 fully saturated rings. The lowest BCUT2D eigenvalue weighted by Crippen LogP contribution is -2.25. The Kier molecular flexibility index (Phi) is 3.89. The lowest BCUT2D eigenvalue weighted by molar-refractivity contribution is -0.384. The van der Waals surface area contributed by atoms with Gasteiger partial charge in [0.2, 0.25) is 5.82 Å². The first kappa shape index (κ1) is 13.8. The van der Waals surface area contributed by atoms with E-state index in [-0.39, 0.29) is 5.69 Å². The molecule has 0 aromatic carbocycles. The van der Waals surface area contributed by atoms with Crippen molar-refractivity contribution in [2.75, 3.05) is 25.0 Å². The van der Waals surface area contributed by atoms with E-state index in [4.69, 9.17) is 0 Å². The average Bonchev–Trinajstić information content (AvgIpc) is 3.17. The molecule has 1 aromatic rings. The Morgan fingerprint density at radius 2 is 2.30 bits per heavy atom. The van der Waals surface area contributed by atoms with Gasteiger partial charge in [-0.05, 0) is 47.7 Å². The highest BCUT2D eigenvalue weighted by molar-refractivity contribution is 9.10. The Morgan fingerprint density at radius 1 is 1.50 bits per heavy atom. The Hall–Kier alpha value is -1.21. The lowest BCUT2D eigenvalue weighted by Gasteiger charge is -2.15. The monoisotopic (exact) mass is 340 g/mol. The molecule has 3 rings (SSSR count). The Balaban J connectivity index is 1.59. The fourth-order valence-corrected chi connectivity index (χ4v) is 3.06. The second kappa shape index (κ2) is 5.65. The zero-order valence-electron chi connectivity index (χ0n) is 11.1. The largest absolute Gasteiger partial charge is 0.364 e. The maximum Gasteiger partial charge on any atom is 0.312 e. The molecule has 108 valence electrons. The molecule has 20 heavy (non-hydrogen) atoms. The summed E-state index contributed by atoms with van der Waals surface area (Å²) < 4.78 is 0.621. The van der Waals surface area contributed by atoms with Gasteiger partial charge < -0.3 is 10.2 Å². The topological polar surface area (TPSA) is 71.3 Å². The summed E-state index contributed by atoms with van der Waals surface area (Å²) in [4.78, 5) is 17.3. The molecule has 1 aliphatic carbocycles. The van der Waals surface area contributed by atoms with Gasteiger partial charge in [0.05, 0.1) is 4.92 Å². The SMILES string of the molecule is O=[N+]([O-])c1cc(Br)cnc1NCC1CCN(C2CC2)C1. The molecule has 1 aromatic heterocycles. The van der Waals surface area contributed by atoms with Crippen LogP contribution in [0.4, 0.5) is 11.5 Å². The first-order valence-electron chi connectivity index (χ1n) is 6.91. The number of nitrogens with zero attached hydrogens (tertiary/aromatic N) is 3. The highest BCUT2D eigenvalue weighted by Crippen LogP contribution is 2.32. The summed E-state index contributed by atoms with van der Waals surface area (Å²) in [6.07, 6.45) is 5.41. The van der Waals surface area contributed by atoms with Crippen LogP contribution in [-0.2, 0) is 0 Å². The van der Waals surface area contributed by atoms with Crippen LogP contribution in [0.15, 0.2) is 16.7 Å². The van der Waals surface area contributed by atoms with Gasteiger partial charge in [-0.25, -0.2) is 4.98 Å². The molecule has 0 spiro atoms. The second-order valence-corrected chi connectivity index (χ2v) is 6.46. The number of hydrogen-bond donors (Lipinski definition) is 1. The summed E-state index contributed by atoms with van der Waals surface area (Å²) in [6.45, 7) is 3.01. The number of aromatic nitrogens is 1. The van der Waals surface area contributed by atoms with Crippen LogP contribution in [0.2, 0.25) is 0 Å². The van der Waals surface area contributed by atoms with E-state index in [2.05, 4.69) is 31.1 Å². The average molecular weight is 341 g/mol. The van der Waals surface area contributed by atoms with Crippen LogP contribution in [-0.4, -0.2) is 40.5 Å². The Labute approximate surface area is 125 Å². The molecule has 1 unspecified atom stereocenters. The maximum atomic E-state index is 11.0. The number of pyridine rings is 1. The smallest absolute Gasteiger partial charge is 0.312 e. The molecule has 1 atom stereocenters. The maximum absolute atomic E-state index is 11.0. The zero-order chi connectivity index (χ0) is 14.1. The van der Waals surface area contributed by atoms with Gasteiger partial charge >= 0.3 is 5.69 Å². The van der Waals surface area contributed by atoms with Crippen molar-refractivity contribution in [3.8, 4) is 0 Å². The minimum Gasteiger partial charge on any atom is -0.364 e. The Bertz CT molecular complexity index is 521. The van der Waals surface area contributed by atoms with E-state index in [1.54, 1.807) is 6.20 Å². The van der Waals surface area contributed by atoms with Crippen molar-refractivity contribution in [2.24, 2.45) is 5.92 Å². The molecule has 6 nitrogen and oxygen atoms in total. The van der Waals surface area contributed by atoms with Crippen LogP contribution >= 0.6 is 15.9 Å². The van der Waals surface area contributed by atoms with Crippen LogP contribution in [0.5, 0.6) is 0 Å². The molecular formula is C13H17BrN4O2. The van der Waals surface area contributed by atoms with E-state index in [9.17, 15) is 10.1 Å². The van der Waals surface area contributed by atoms with Crippen LogP contribution in [0.25, 0.3) is 0 Å². The molecule has 0 bridgehead atoms. The first-order chi connectivity index (χ1) is 9.63. The van der Waals surface area contributed by atoms with Gasteiger partial charge in [-0.15, -0.1) is 0 Å². The number of rotatable bonds is 5. The second-order valence-electron chi connectivity index (χ2n) is 5.54. The van der Waals surface area contributed by atoms with Crippen LogP contribution in [0.1, 0.15) is 19.3 Å². The summed E-state index contributed by atoms with van der Waals surface area (Å²) in [5.41, 5.74) is 0.0245. The normalized spacial score (nSPS) is 22.9. The minimum atomic E-state index is -0.398. The predicted octanol–water partition coefficient (Wildman–Crippen LogP) is 2.65. The van der Waals surface area contributed by atoms with E-state index in [1.165, 1.54) is 18.9 Å². The van der Waals surface area contributed by atoms with E-state index >= 15 is 0 Å². The molecule has 0 radical (unpaired) electrons. The van der Waals surface area contributed by atoms with Crippen LogP contribution in [0.3, 0.4) is 0 Å². The van der Waals surface area contributed by atoms with Crippen molar-refractivity contribution in [3.63, 3.8) is 0 Å². The van der Waals surface area contributed by atoms with Crippen molar-refractivity contribution in [1.29, 1.82) is 0 Å². The summed E-state index contributed by atoms with van der Waals surface area (Å²) >= 11 is 3.21. The van der Waals surface area contributed by atoms with Gasteiger partial charge in [0.1, 0.15) is 0 Å². The molecule has 2 heterocycles. The third-order valence-corrected chi connectivity index (χ3v) is 4.40. The van der Waals surface area contributed by atoms with Crippen molar-refractivity contribution >= 4 is 27.4 Å². The number of hydrogen-bond acceptors (Lipinski definition) is 5. The molecule has 1 saturated carbocycles. The zero-order valence-corrected chi connectivity index (χ0v) is 12.7. The van der Waals surface area contributed by atoms with Gasteiger partial charge in [-0.2, -0.15) is 0 Å². The molecular weight excluding hydrogens is 324 g/mol. The fourth-order valence-electron chi connectivity index (χ4n) is 2.75. The van der Waals surface area contributed by atoms with Gasteiger partial charge in [0.15, 0.2) is 0 Å². The summed E-state index contributed by atoms with van der Waals surface area (Å²) in [5.74, 6) is 0.920. The van der Waals surface area contributed by atoms with Crippen molar-refractivity contribution in [2.45, 2.75) is 25.3 Å². The number of likely N-dealkylation sites (tertiary alicyclic amines) is 1. The van der Waals surface area contributed by atoms with E-state index in [1.807, 2.05) is 0 Å². The molecule has 1 aliphatic heterocycles. The highest BCUT2D eigenvalue weighted by Gasteiger charge is 2.34. The molecule has 1 N–H and O–H groups in total. The number of nitro groups is 1. The van der Waals surface area contributed by atoms with Gasteiger partial charge in [-0.3, -0.25) is 10.1 Å². The molecule has 7 heteroatoms. The first-order valence-corrected chi connectivity index (χ1v) is 7.70. The standard InChI is InChI=1S/C13H17BrN4O2/c14-10-5-12(18(19)20)13(16-7-10)15-6-9-3-4-17(8-9)11-1-2-11/h5,7,9,11H,1-4,6,8H2,(H,15,16). The van der Waals surface area contributed by atoms with E-state index < -0.39 is 4.92 Å². The lowest BCUT2D eigenvalue weighted by atomic mass is 10.1. The van der Waals surface area contributed by atoms with Crippen LogP contribution in [0, 0.1) is 16.0 Å². The van der Waals surface area contributed by atoms with Gasteiger partial charge in [0, 0.05) is 35.9 Å². The van der Waals surface area contributed by atoms with E-state index in [0.717, 1.165) is 32.1 Å². The summed E-state index contributed by atoms with van der Waals surface area (Å²) in [7, 11) is 0. The Morgan fingerprint density at radius 3 is 3.00 bits per heavy atom. The quantitative estimate of drug-likeness (QED) is 0.659. The molecule has 2 aliphatic rings. The highest BCUT2D eigenvalue weighted by atomic mass is 79.9.